The van der Waals surface area contributed by atoms with Crippen LogP contribution in [0.5, 0.6) is 0 Å². The van der Waals surface area contributed by atoms with Crippen molar-refractivity contribution >= 4 is 5.97 Å². The molecule has 1 aromatic carbocycles. The topological polar surface area (TPSA) is 88.9 Å². The number of nitrogens with zero attached hydrogens (tertiary/aromatic N) is 4. The minimum absolute atomic E-state index is 0.331. The van der Waals surface area contributed by atoms with Crippen LogP contribution in [-0.2, 0) is 0 Å². The third kappa shape index (κ3) is 4.41. The lowest BCUT2D eigenvalue weighted by Gasteiger charge is -1.88. The third-order valence-corrected chi connectivity index (χ3v) is 1.36. The minimum Gasteiger partial charge on any atom is -0.478 e. The standard InChI is InChI=1S/C7H6O2.C2H2N4/c8-7(9)6-4-2-1-3-5-6;1-2-4-6-5-3-1/h1-5H,(H,8,9);1-2H. The number of rotatable bonds is 1. The molecule has 1 aromatic heterocycles. The predicted molar refractivity (Wildman–Crippen MR) is 51.0 cm³/mol. The summed E-state index contributed by atoms with van der Waals surface area (Å²) in [5.41, 5.74) is 0.331. The maximum atomic E-state index is 10.2. The fourth-order valence-electron chi connectivity index (χ4n) is 0.746. The Bertz CT molecular complexity index is 367. The molecule has 2 rings (SSSR count). The fraction of sp³-hybridized carbons (Fsp3) is 0. The van der Waals surface area contributed by atoms with Gasteiger partial charge < -0.3 is 5.11 Å². The van der Waals surface area contributed by atoms with Gasteiger partial charge >= 0.3 is 5.97 Å². The Balaban J connectivity index is 0.000000162. The Kier molecular flexibility index (Phi) is 4.38. The quantitative estimate of drug-likeness (QED) is 0.733. The summed E-state index contributed by atoms with van der Waals surface area (Å²) in [5, 5.41) is 21.5. The highest BCUT2D eigenvalue weighted by Crippen LogP contribution is 1.96. The van der Waals surface area contributed by atoms with Gasteiger partial charge in [-0.15, -0.1) is 10.2 Å². The SMILES string of the molecule is O=C(O)c1ccccc1.c1cnnnn1. The molecule has 0 fully saturated rings. The van der Waals surface area contributed by atoms with Crippen LogP contribution in [0.3, 0.4) is 0 Å². The van der Waals surface area contributed by atoms with Crippen LogP contribution >= 0.6 is 0 Å². The number of carboxylic acids is 1. The number of aromatic carboxylic acids is 1. The van der Waals surface area contributed by atoms with Crippen molar-refractivity contribution in [3.05, 3.63) is 48.3 Å². The second kappa shape index (κ2) is 6.14. The molecule has 0 atom stereocenters. The third-order valence-electron chi connectivity index (χ3n) is 1.36. The summed E-state index contributed by atoms with van der Waals surface area (Å²) in [6, 6.07) is 8.30. The molecule has 0 saturated carbocycles. The van der Waals surface area contributed by atoms with Gasteiger partial charge in [0, 0.05) is 0 Å². The molecule has 0 aliphatic carbocycles. The van der Waals surface area contributed by atoms with E-state index in [0.717, 1.165) is 0 Å². The Hall–Kier alpha value is -2.37. The Morgan fingerprint density at radius 3 is 1.80 bits per heavy atom. The molecule has 6 nitrogen and oxygen atoms in total. The lowest BCUT2D eigenvalue weighted by atomic mass is 10.2. The first-order valence-electron chi connectivity index (χ1n) is 4.04. The number of carboxylic acid groups (broad SMARTS) is 1. The van der Waals surface area contributed by atoms with Crippen molar-refractivity contribution in [1.82, 2.24) is 20.6 Å². The molecule has 2 aromatic rings. The zero-order valence-corrected chi connectivity index (χ0v) is 7.69. The molecule has 15 heavy (non-hydrogen) atoms. The van der Waals surface area contributed by atoms with Gasteiger partial charge in [-0.05, 0) is 22.6 Å². The van der Waals surface area contributed by atoms with Gasteiger partial charge in [0.15, 0.2) is 0 Å². The number of benzene rings is 1. The highest BCUT2D eigenvalue weighted by Gasteiger charge is 1.96. The van der Waals surface area contributed by atoms with Crippen LogP contribution in [-0.4, -0.2) is 31.7 Å². The summed E-state index contributed by atoms with van der Waals surface area (Å²) in [5.74, 6) is -0.879. The van der Waals surface area contributed by atoms with E-state index in [2.05, 4.69) is 20.6 Å². The molecule has 6 heteroatoms. The van der Waals surface area contributed by atoms with Crippen LogP contribution in [0.4, 0.5) is 0 Å². The van der Waals surface area contributed by atoms with Crippen LogP contribution in [0.2, 0.25) is 0 Å². The van der Waals surface area contributed by atoms with Gasteiger partial charge in [0.2, 0.25) is 0 Å². The zero-order valence-electron chi connectivity index (χ0n) is 7.69. The molecule has 0 aliphatic rings. The van der Waals surface area contributed by atoms with Crippen molar-refractivity contribution in [2.45, 2.75) is 0 Å². The highest BCUT2D eigenvalue weighted by atomic mass is 16.4. The summed E-state index contributed by atoms with van der Waals surface area (Å²) in [4.78, 5) is 10.2. The van der Waals surface area contributed by atoms with E-state index >= 15 is 0 Å². The summed E-state index contributed by atoms with van der Waals surface area (Å²) in [6.07, 6.45) is 2.93. The van der Waals surface area contributed by atoms with E-state index in [9.17, 15) is 4.79 Å². The van der Waals surface area contributed by atoms with E-state index in [1.807, 2.05) is 0 Å². The zero-order chi connectivity index (χ0) is 10.9. The molecule has 1 N–H and O–H groups in total. The van der Waals surface area contributed by atoms with Gasteiger partial charge in [-0.3, -0.25) is 0 Å². The molecule has 0 unspecified atom stereocenters. The van der Waals surface area contributed by atoms with Gasteiger partial charge in [0.25, 0.3) is 0 Å². The maximum Gasteiger partial charge on any atom is 0.335 e. The van der Waals surface area contributed by atoms with E-state index in [4.69, 9.17) is 5.11 Å². The van der Waals surface area contributed by atoms with Crippen LogP contribution in [0.25, 0.3) is 0 Å². The van der Waals surface area contributed by atoms with Crippen molar-refractivity contribution in [3.8, 4) is 0 Å². The lowest BCUT2D eigenvalue weighted by Crippen LogP contribution is -1.93. The van der Waals surface area contributed by atoms with Gasteiger partial charge in [0.1, 0.15) is 0 Å². The number of aromatic nitrogens is 4. The van der Waals surface area contributed by atoms with Gasteiger partial charge in [-0.2, -0.15) is 0 Å². The largest absolute Gasteiger partial charge is 0.478 e. The maximum absolute atomic E-state index is 10.2. The monoisotopic (exact) mass is 204 g/mol. The minimum atomic E-state index is -0.879. The second-order valence-corrected chi connectivity index (χ2v) is 2.38. The van der Waals surface area contributed by atoms with E-state index < -0.39 is 5.97 Å². The van der Waals surface area contributed by atoms with Crippen molar-refractivity contribution < 1.29 is 9.90 Å². The van der Waals surface area contributed by atoms with Crippen molar-refractivity contribution in [2.75, 3.05) is 0 Å². The molecule has 76 valence electrons. The van der Waals surface area contributed by atoms with E-state index in [0.29, 0.717) is 5.56 Å². The molecular formula is C9H8N4O2. The smallest absolute Gasteiger partial charge is 0.335 e. The van der Waals surface area contributed by atoms with Gasteiger partial charge in [-0.1, -0.05) is 18.2 Å². The molecule has 0 amide bonds. The molecule has 0 saturated heterocycles. The van der Waals surface area contributed by atoms with E-state index in [1.165, 1.54) is 12.4 Å². The molecular weight excluding hydrogens is 196 g/mol. The van der Waals surface area contributed by atoms with Crippen molar-refractivity contribution in [3.63, 3.8) is 0 Å². The van der Waals surface area contributed by atoms with E-state index in [-0.39, 0.29) is 0 Å². The molecule has 0 bridgehead atoms. The van der Waals surface area contributed by atoms with Crippen LogP contribution in [0.15, 0.2) is 42.7 Å². The number of hydrogen-bond acceptors (Lipinski definition) is 5. The number of carbonyl (C=O) groups is 1. The molecule has 0 aliphatic heterocycles. The first kappa shape index (κ1) is 10.7. The Labute approximate surface area is 85.6 Å². The molecule has 1 heterocycles. The lowest BCUT2D eigenvalue weighted by molar-refractivity contribution is 0.0697. The van der Waals surface area contributed by atoms with Crippen LogP contribution in [0.1, 0.15) is 10.4 Å². The predicted octanol–water partition coefficient (Wildman–Crippen LogP) is 0.651. The molecule has 0 radical (unpaired) electrons. The first-order valence-corrected chi connectivity index (χ1v) is 4.04. The van der Waals surface area contributed by atoms with Crippen LogP contribution < -0.4 is 0 Å². The van der Waals surface area contributed by atoms with Crippen molar-refractivity contribution in [1.29, 1.82) is 0 Å². The van der Waals surface area contributed by atoms with Crippen LogP contribution in [0, 0.1) is 0 Å². The summed E-state index contributed by atoms with van der Waals surface area (Å²) < 4.78 is 0. The Morgan fingerprint density at radius 1 is 1.00 bits per heavy atom. The summed E-state index contributed by atoms with van der Waals surface area (Å²) in [7, 11) is 0. The van der Waals surface area contributed by atoms with Crippen molar-refractivity contribution in [2.24, 2.45) is 0 Å². The number of hydrogen-bond donors (Lipinski definition) is 1. The summed E-state index contributed by atoms with van der Waals surface area (Å²) >= 11 is 0. The average Bonchev–Trinajstić information content (AvgIpc) is 2.33. The highest BCUT2D eigenvalue weighted by molar-refractivity contribution is 5.87. The summed E-state index contributed by atoms with van der Waals surface area (Å²) in [6.45, 7) is 0. The normalized spacial score (nSPS) is 8.53. The fourth-order valence-corrected chi connectivity index (χ4v) is 0.746. The van der Waals surface area contributed by atoms with Gasteiger partial charge in [-0.25, -0.2) is 4.79 Å². The van der Waals surface area contributed by atoms with E-state index in [1.54, 1.807) is 30.3 Å². The average molecular weight is 204 g/mol. The second-order valence-electron chi connectivity index (χ2n) is 2.38. The first-order chi connectivity index (χ1) is 7.30. The Morgan fingerprint density at radius 2 is 1.53 bits per heavy atom. The molecule has 0 spiro atoms. The van der Waals surface area contributed by atoms with Gasteiger partial charge in [0.05, 0.1) is 18.0 Å².